The summed E-state index contributed by atoms with van der Waals surface area (Å²) in [6.45, 7) is 2.90. The number of benzene rings is 2. The minimum absolute atomic E-state index is 0.0492. The lowest BCUT2D eigenvalue weighted by atomic mass is 10.2. The Hall–Kier alpha value is -2.47. The van der Waals surface area contributed by atoms with Crippen molar-refractivity contribution in [2.75, 3.05) is 11.4 Å². The lowest BCUT2D eigenvalue weighted by Crippen LogP contribution is -2.37. The van der Waals surface area contributed by atoms with Gasteiger partial charge in [0, 0.05) is 23.7 Å². The van der Waals surface area contributed by atoms with E-state index in [1.165, 1.54) is 0 Å². The second-order valence-corrected chi connectivity index (χ2v) is 8.13. The van der Waals surface area contributed by atoms with Crippen molar-refractivity contribution in [3.05, 3.63) is 59.0 Å². The highest BCUT2D eigenvalue weighted by atomic mass is 32.2. The molecule has 2 aromatic carbocycles. The summed E-state index contributed by atoms with van der Waals surface area (Å²) in [5, 5.41) is 0.453. The molecule has 1 amide bonds. The van der Waals surface area contributed by atoms with E-state index in [1.807, 2.05) is 47.4 Å². The molecule has 6 heteroatoms. The fraction of sp³-hybridized carbons (Fsp3) is 0.300. The second-order valence-electron chi connectivity index (χ2n) is 6.65. The van der Waals surface area contributed by atoms with E-state index in [2.05, 4.69) is 13.0 Å². The Morgan fingerprint density at radius 3 is 2.62 bits per heavy atom. The molecule has 1 aliphatic rings. The van der Waals surface area contributed by atoms with Crippen LogP contribution in [0.3, 0.4) is 0 Å². The first-order valence-corrected chi connectivity index (χ1v) is 9.64. The molecule has 4 rings (SSSR count). The molecule has 0 bridgehead atoms. The van der Waals surface area contributed by atoms with Gasteiger partial charge in [-0.3, -0.25) is 13.9 Å². The van der Waals surface area contributed by atoms with Gasteiger partial charge < -0.3 is 4.90 Å². The summed E-state index contributed by atoms with van der Waals surface area (Å²) in [6.07, 6.45) is 0.926. The normalized spacial score (nSPS) is 17.2. The van der Waals surface area contributed by atoms with E-state index >= 15 is 0 Å². The minimum atomic E-state index is -0.162. The maximum atomic E-state index is 13.1. The van der Waals surface area contributed by atoms with Gasteiger partial charge in [-0.1, -0.05) is 31.2 Å². The van der Waals surface area contributed by atoms with Gasteiger partial charge in [0.05, 0.1) is 16.7 Å². The van der Waals surface area contributed by atoms with E-state index < -0.39 is 0 Å². The molecule has 0 aliphatic carbocycles. The third-order valence-corrected chi connectivity index (χ3v) is 6.13. The van der Waals surface area contributed by atoms with Crippen LogP contribution in [0.2, 0.25) is 0 Å². The molecular formula is C20H21N3O2S. The Morgan fingerprint density at radius 2 is 1.81 bits per heavy atom. The van der Waals surface area contributed by atoms with Crippen LogP contribution in [0.15, 0.2) is 58.2 Å². The van der Waals surface area contributed by atoms with Crippen LogP contribution in [-0.4, -0.2) is 26.8 Å². The Balaban J connectivity index is 1.72. The fourth-order valence-electron chi connectivity index (χ4n) is 3.48. The van der Waals surface area contributed by atoms with Crippen LogP contribution >= 0.6 is 11.8 Å². The average molecular weight is 367 g/mol. The van der Waals surface area contributed by atoms with Gasteiger partial charge in [0.25, 0.3) is 0 Å². The Morgan fingerprint density at radius 1 is 1.12 bits per heavy atom. The first kappa shape index (κ1) is 17.0. The van der Waals surface area contributed by atoms with Crippen LogP contribution in [0.1, 0.15) is 13.3 Å². The minimum Gasteiger partial charge on any atom is -0.310 e. The Kier molecular flexibility index (Phi) is 4.36. The number of aromatic nitrogens is 2. The van der Waals surface area contributed by atoms with Crippen LogP contribution in [-0.2, 0) is 18.4 Å². The first-order valence-electron chi connectivity index (χ1n) is 8.76. The highest BCUT2D eigenvalue weighted by molar-refractivity contribution is 8.00. The lowest BCUT2D eigenvalue weighted by Gasteiger charge is -2.22. The van der Waals surface area contributed by atoms with E-state index in [0.717, 1.165) is 28.0 Å². The van der Waals surface area contributed by atoms with Crippen molar-refractivity contribution in [2.45, 2.75) is 30.0 Å². The van der Waals surface area contributed by atoms with Crippen LogP contribution in [0.5, 0.6) is 0 Å². The second kappa shape index (κ2) is 6.68. The van der Waals surface area contributed by atoms with Crippen molar-refractivity contribution in [3.63, 3.8) is 0 Å². The SMILES string of the molecule is CC1CCN(C(=O)Cn2c(=O)n(C)c3ccccc32)c2ccccc2S1. The number of anilines is 1. The fourth-order valence-corrected chi connectivity index (χ4v) is 4.60. The molecule has 0 fully saturated rings. The molecule has 3 aromatic rings. The van der Waals surface area contributed by atoms with Gasteiger partial charge in [-0.2, -0.15) is 0 Å². The van der Waals surface area contributed by atoms with Crippen molar-refractivity contribution in [1.82, 2.24) is 9.13 Å². The maximum Gasteiger partial charge on any atom is 0.329 e. The van der Waals surface area contributed by atoms with Gasteiger partial charge >= 0.3 is 5.69 Å². The van der Waals surface area contributed by atoms with Crippen LogP contribution in [0.4, 0.5) is 5.69 Å². The number of hydrogen-bond acceptors (Lipinski definition) is 3. The van der Waals surface area contributed by atoms with E-state index in [4.69, 9.17) is 0 Å². The molecule has 134 valence electrons. The monoisotopic (exact) mass is 367 g/mol. The van der Waals surface area contributed by atoms with E-state index in [0.29, 0.717) is 11.8 Å². The smallest absolute Gasteiger partial charge is 0.310 e. The summed E-state index contributed by atoms with van der Waals surface area (Å²) in [5.41, 5.74) is 2.41. The number of hydrogen-bond donors (Lipinski definition) is 0. The summed E-state index contributed by atoms with van der Waals surface area (Å²) in [7, 11) is 1.74. The van der Waals surface area contributed by atoms with Crippen molar-refractivity contribution >= 4 is 34.4 Å². The summed E-state index contributed by atoms with van der Waals surface area (Å²) >= 11 is 1.80. The van der Waals surface area contributed by atoms with Gasteiger partial charge in [-0.15, -0.1) is 11.8 Å². The molecule has 1 unspecified atom stereocenters. The number of nitrogens with zero attached hydrogens (tertiary/aromatic N) is 3. The first-order chi connectivity index (χ1) is 12.6. The zero-order chi connectivity index (χ0) is 18.3. The third-order valence-electron chi connectivity index (χ3n) is 4.89. The number of carbonyl (C=O) groups excluding carboxylic acids is 1. The zero-order valence-electron chi connectivity index (χ0n) is 14.9. The van der Waals surface area contributed by atoms with Gasteiger partial charge in [0.2, 0.25) is 5.91 Å². The Bertz CT molecular complexity index is 1040. The van der Waals surface area contributed by atoms with E-state index in [-0.39, 0.29) is 18.1 Å². The zero-order valence-corrected chi connectivity index (χ0v) is 15.7. The molecule has 0 spiro atoms. The number of fused-ring (bicyclic) bond motifs is 2. The largest absolute Gasteiger partial charge is 0.329 e. The number of rotatable bonds is 2. The molecule has 0 radical (unpaired) electrons. The predicted octanol–water partition coefficient (Wildman–Crippen LogP) is 3.26. The highest BCUT2D eigenvalue weighted by Gasteiger charge is 2.25. The van der Waals surface area contributed by atoms with Crippen molar-refractivity contribution in [3.8, 4) is 0 Å². The van der Waals surface area contributed by atoms with Gasteiger partial charge in [0.1, 0.15) is 6.54 Å². The van der Waals surface area contributed by atoms with Crippen molar-refractivity contribution < 1.29 is 4.79 Å². The molecule has 1 aromatic heterocycles. The topological polar surface area (TPSA) is 47.2 Å². The molecule has 2 heterocycles. The standard InChI is InChI=1S/C20H21N3O2S/c1-14-11-12-22(17-9-5-6-10-18(17)26-14)19(24)13-23-16-8-4-3-7-15(16)21(2)20(23)25/h3-10,14H,11-13H2,1-2H3. The van der Waals surface area contributed by atoms with Crippen molar-refractivity contribution in [1.29, 1.82) is 0 Å². The van der Waals surface area contributed by atoms with Crippen LogP contribution < -0.4 is 10.6 Å². The molecule has 0 N–H and O–H groups in total. The van der Waals surface area contributed by atoms with E-state index in [9.17, 15) is 9.59 Å². The Labute approximate surface area is 156 Å². The number of carbonyl (C=O) groups is 1. The van der Waals surface area contributed by atoms with Crippen LogP contribution in [0, 0.1) is 0 Å². The molecule has 1 aliphatic heterocycles. The number of aryl methyl sites for hydroxylation is 1. The summed E-state index contributed by atoms with van der Waals surface area (Å²) in [5.74, 6) is -0.0504. The van der Waals surface area contributed by atoms with Gasteiger partial charge in [-0.25, -0.2) is 4.79 Å². The predicted molar refractivity (Wildman–Crippen MR) is 106 cm³/mol. The lowest BCUT2D eigenvalue weighted by molar-refractivity contribution is -0.119. The number of thioether (sulfide) groups is 1. The average Bonchev–Trinajstić information content (AvgIpc) is 2.79. The van der Waals surface area contributed by atoms with Gasteiger partial charge in [-0.05, 0) is 30.7 Å². The molecule has 26 heavy (non-hydrogen) atoms. The summed E-state index contributed by atoms with van der Waals surface area (Å²) in [6, 6.07) is 15.6. The molecule has 1 atom stereocenters. The number of amides is 1. The van der Waals surface area contributed by atoms with Crippen LogP contribution in [0.25, 0.3) is 11.0 Å². The number of imidazole rings is 1. The summed E-state index contributed by atoms with van der Waals surface area (Å²) < 4.78 is 3.17. The molecule has 0 saturated heterocycles. The molecule has 0 saturated carbocycles. The summed E-state index contributed by atoms with van der Waals surface area (Å²) in [4.78, 5) is 28.7. The maximum absolute atomic E-state index is 13.1. The van der Waals surface area contributed by atoms with Gasteiger partial charge in [0.15, 0.2) is 0 Å². The van der Waals surface area contributed by atoms with E-state index in [1.54, 1.807) is 27.9 Å². The quantitative estimate of drug-likeness (QED) is 0.698. The third kappa shape index (κ3) is 2.84. The molecular weight excluding hydrogens is 346 g/mol. The highest BCUT2D eigenvalue weighted by Crippen LogP contribution is 2.37. The molecule has 5 nitrogen and oxygen atoms in total. The number of para-hydroxylation sites is 3. The van der Waals surface area contributed by atoms with Crippen molar-refractivity contribution in [2.24, 2.45) is 7.05 Å².